The van der Waals surface area contributed by atoms with Crippen LogP contribution in [0.4, 0.5) is 13.2 Å². The second-order valence-corrected chi connectivity index (χ2v) is 4.64. The molecule has 19 heavy (non-hydrogen) atoms. The molecule has 2 aromatic rings. The molecule has 0 amide bonds. The van der Waals surface area contributed by atoms with Gasteiger partial charge in [0.25, 0.3) is 0 Å². The fourth-order valence-electron chi connectivity index (χ4n) is 1.82. The molecule has 0 aliphatic carbocycles. The van der Waals surface area contributed by atoms with Crippen molar-refractivity contribution in [2.75, 3.05) is 0 Å². The van der Waals surface area contributed by atoms with Crippen molar-refractivity contribution in [2.45, 2.75) is 25.1 Å². The molecule has 0 fully saturated rings. The molecule has 104 valence electrons. The first-order valence-corrected chi connectivity index (χ1v) is 5.99. The maximum absolute atomic E-state index is 12.2. The Kier molecular flexibility index (Phi) is 4.03. The lowest BCUT2D eigenvalue weighted by atomic mass is 10.1. The maximum atomic E-state index is 12.2. The molecule has 0 saturated heterocycles. The molecule has 1 aromatic heterocycles. The predicted octanol–water partition coefficient (Wildman–Crippen LogP) is 3.93. The third-order valence-corrected chi connectivity index (χ3v) is 2.99. The highest BCUT2D eigenvalue weighted by Crippen LogP contribution is 2.31. The van der Waals surface area contributed by atoms with Gasteiger partial charge in [0.05, 0.1) is 6.04 Å². The van der Waals surface area contributed by atoms with Crippen LogP contribution < -0.4 is 11.3 Å². The molecule has 0 saturated carbocycles. The number of fused-ring (bicyclic) bond motifs is 1. The molecule has 0 aliphatic heterocycles. The molecule has 1 unspecified atom stereocenters. The lowest BCUT2D eigenvalue weighted by Crippen LogP contribution is -2.28. The van der Waals surface area contributed by atoms with E-state index in [-0.39, 0.29) is 6.42 Å². The third-order valence-electron chi connectivity index (χ3n) is 2.76. The van der Waals surface area contributed by atoms with E-state index in [1.165, 1.54) is 0 Å². The number of hydrazine groups is 1. The Morgan fingerprint density at radius 2 is 2.05 bits per heavy atom. The summed E-state index contributed by atoms with van der Waals surface area (Å²) in [7, 11) is 0. The predicted molar refractivity (Wildman–Crippen MR) is 66.6 cm³/mol. The van der Waals surface area contributed by atoms with Crippen molar-refractivity contribution in [2.24, 2.45) is 5.84 Å². The van der Waals surface area contributed by atoms with Gasteiger partial charge in [-0.3, -0.25) is 5.84 Å². The SMILES string of the molecule is NNC(CCC(F)(F)F)c1cc2cc(Cl)ccc2o1. The zero-order chi connectivity index (χ0) is 14.0. The number of alkyl halides is 3. The molecule has 0 radical (unpaired) electrons. The fraction of sp³-hybridized carbons (Fsp3) is 0.333. The summed E-state index contributed by atoms with van der Waals surface area (Å²) in [5.41, 5.74) is 2.90. The van der Waals surface area contributed by atoms with Crippen LogP contribution in [0.2, 0.25) is 5.02 Å². The Morgan fingerprint density at radius 1 is 1.32 bits per heavy atom. The normalized spacial score (nSPS) is 13.9. The second-order valence-electron chi connectivity index (χ2n) is 4.20. The molecule has 3 N–H and O–H groups in total. The van der Waals surface area contributed by atoms with E-state index < -0.39 is 18.6 Å². The summed E-state index contributed by atoms with van der Waals surface area (Å²) in [4.78, 5) is 0. The van der Waals surface area contributed by atoms with Gasteiger partial charge in [0.1, 0.15) is 11.3 Å². The van der Waals surface area contributed by atoms with E-state index in [1.807, 2.05) is 0 Å². The van der Waals surface area contributed by atoms with Crippen LogP contribution in [-0.2, 0) is 0 Å². The monoisotopic (exact) mass is 292 g/mol. The lowest BCUT2D eigenvalue weighted by molar-refractivity contribution is -0.136. The summed E-state index contributed by atoms with van der Waals surface area (Å²) in [5.74, 6) is 5.65. The molecule has 1 aromatic carbocycles. The van der Waals surface area contributed by atoms with E-state index in [4.69, 9.17) is 21.9 Å². The number of rotatable bonds is 4. The summed E-state index contributed by atoms with van der Waals surface area (Å²) in [6.07, 6.45) is -5.34. The number of hydrogen-bond acceptors (Lipinski definition) is 3. The van der Waals surface area contributed by atoms with Crippen LogP contribution in [0.1, 0.15) is 24.6 Å². The van der Waals surface area contributed by atoms with Gasteiger partial charge in [-0.2, -0.15) is 13.2 Å². The van der Waals surface area contributed by atoms with Crippen molar-refractivity contribution in [1.29, 1.82) is 0 Å². The molecule has 1 atom stereocenters. The first kappa shape index (κ1) is 14.2. The Hall–Kier alpha value is -1.24. The topological polar surface area (TPSA) is 51.2 Å². The number of benzene rings is 1. The molecular formula is C12H12ClF3N2O. The third kappa shape index (κ3) is 3.62. The molecule has 0 spiro atoms. The number of nitrogens with two attached hydrogens (primary N) is 1. The van der Waals surface area contributed by atoms with Gasteiger partial charge < -0.3 is 4.42 Å². The van der Waals surface area contributed by atoms with Crippen LogP contribution in [0.25, 0.3) is 11.0 Å². The van der Waals surface area contributed by atoms with Crippen molar-refractivity contribution in [3.05, 3.63) is 35.0 Å². The quantitative estimate of drug-likeness (QED) is 0.663. The van der Waals surface area contributed by atoms with Gasteiger partial charge in [-0.05, 0) is 30.7 Å². The summed E-state index contributed by atoms with van der Waals surface area (Å²) in [5, 5.41) is 1.27. The van der Waals surface area contributed by atoms with E-state index in [9.17, 15) is 13.2 Å². The van der Waals surface area contributed by atoms with E-state index in [0.717, 1.165) is 5.39 Å². The van der Waals surface area contributed by atoms with Crippen LogP contribution in [-0.4, -0.2) is 6.18 Å². The zero-order valence-electron chi connectivity index (χ0n) is 9.80. The minimum atomic E-state index is -4.22. The Labute approximate surface area is 112 Å². The van der Waals surface area contributed by atoms with Crippen LogP contribution in [0.3, 0.4) is 0 Å². The largest absolute Gasteiger partial charge is 0.459 e. The van der Waals surface area contributed by atoms with Gasteiger partial charge in [0, 0.05) is 16.8 Å². The van der Waals surface area contributed by atoms with Gasteiger partial charge in [0.15, 0.2) is 0 Å². The molecule has 3 nitrogen and oxygen atoms in total. The Bertz CT molecular complexity index is 568. The van der Waals surface area contributed by atoms with Crippen molar-refractivity contribution < 1.29 is 17.6 Å². The number of halogens is 4. The number of hydrogen-bond donors (Lipinski definition) is 2. The van der Waals surface area contributed by atoms with Crippen LogP contribution in [0, 0.1) is 0 Å². The number of furan rings is 1. The fourth-order valence-corrected chi connectivity index (χ4v) is 2.00. The van der Waals surface area contributed by atoms with Crippen LogP contribution in [0.5, 0.6) is 0 Å². The van der Waals surface area contributed by atoms with Gasteiger partial charge in [-0.25, -0.2) is 5.43 Å². The minimum Gasteiger partial charge on any atom is -0.459 e. The van der Waals surface area contributed by atoms with Gasteiger partial charge in [-0.1, -0.05) is 11.6 Å². The van der Waals surface area contributed by atoms with Crippen molar-refractivity contribution in [3.8, 4) is 0 Å². The van der Waals surface area contributed by atoms with E-state index in [1.54, 1.807) is 24.3 Å². The lowest BCUT2D eigenvalue weighted by Gasteiger charge is -2.14. The molecule has 0 aliphatic rings. The van der Waals surface area contributed by atoms with Crippen LogP contribution >= 0.6 is 11.6 Å². The van der Waals surface area contributed by atoms with Gasteiger partial charge in [-0.15, -0.1) is 0 Å². The molecule has 0 bridgehead atoms. The van der Waals surface area contributed by atoms with Gasteiger partial charge in [0.2, 0.25) is 0 Å². The van der Waals surface area contributed by atoms with Crippen molar-refractivity contribution in [1.82, 2.24) is 5.43 Å². The Balaban J connectivity index is 2.20. The van der Waals surface area contributed by atoms with E-state index in [2.05, 4.69) is 5.43 Å². The highest BCUT2D eigenvalue weighted by Gasteiger charge is 2.29. The average Bonchev–Trinajstić information content (AvgIpc) is 2.71. The minimum absolute atomic E-state index is 0.187. The van der Waals surface area contributed by atoms with Crippen molar-refractivity contribution in [3.63, 3.8) is 0 Å². The zero-order valence-corrected chi connectivity index (χ0v) is 10.6. The van der Waals surface area contributed by atoms with E-state index >= 15 is 0 Å². The molecule has 2 rings (SSSR count). The molecule has 7 heteroatoms. The summed E-state index contributed by atoms with van der Waals surface area (Å²) < 4.78 is 42.1. The first-order chi connectivity index (χ1) is 8.89. The first-order valence-electron chi connectivity index (χ1n) is 5.61. The molecule has 1 heterocycles. The standard InChI is InChI=1S/C12H12ClF3N2O/c13-8-1-2-10-7(5-8)6-11(19-10)9(18-17)3-4-12(14,15)16/h1-2,5-6,9,18H,3-4,17H2. The van der Waals surface area contributed by atoms with Crippen molar-refractivity contribution >= 4 is 22.6 Å². The smallest absolute Gasteiger partial charge is 0.389 e. The van der Waals surface area contributed by atoms with Gasteiger partial charge >= 0.3 is 6.18 Å². The van der Waals surface area contributed by atoms with Crippen LogP contribution in [0.15, 0.2) is 28.7 Å². The highest BCUT2D eigenvalue weighted by molar-refractivity contribution is 6.31. The maximum Gasteiger partial charge on any atom is 0.389 e. The average molecular weight is 293 g/mol. The highest BCUT2D eigenvalue weighted by atomic mass is 35.5. The van der Waals surface area contributed by atoms with E-state index in [0.29, 0.717) is 16.4 Å². The Morgan fingerprint density at radius 3 is 2.68 bits per heavy atom. The summed E-state index contributed by atoms with van der Waals surface area (Å²) >= 11 is 5.83. The summed E-state index contributed by atoms with van der Waals surface area (Å²) in [6.45, 7) is 0. The summed E-state index contributed by atoms with van der Waals surface area (Å²) in [6, 6.07) is 5.95. The molecular weight excluding hydrogens is 281 g/mol. The second kappa shape index (κ2) is 5.40. The number of nitrogens with one attached hydrogen (secondary N) is 1.